The Morgan fingerprint density at radius 1 is 0.658 bits per heavy atom. The first-order valence-electron chi connectivity index (χ1n) is 16.7. The molecular weight excluding hydrogens is 690 g/mol. The summed E-state index contributed by atoms with van der Waals surface area (Å²) in [4.78, 5) is 0. The summed E-state index contributed by atoms with van der Waals surface area (Å²) in [6.07, 6.45) is 35.2. The molecule has 0 saturated carbocycles. The fourth-order valence-corrected chi connectivity index (χ4v) is 9.15. The predicted molar refractivity (Wildman–Crippen MR) is 188 cm³/mol. The Kier molecular flexibility index (Phi) is 20.1. The first-order valence-corrected chi connectivity index (χ1v) is 19.0. The van der Waals surface area contributed by atoms with Crippen LogP contribution in [0.15, 0.2) is 23.8 Å². The average molecular weight is 757 g/mol. The van der Waals surface area contributed by atoms with Gasteiger partial charge in [0, 0.05) is 31.3 Å². The molecule has 4 unspecified atom stereocenters. The molecule has 0 radical (unpaired) electrons. The van der Waals surface area contributed by atoms with Gasteiger partial charge in [-0.15, -0.1) is 0 Å². The summed E-state index contributed by atoms with van der Waals surface area (Å²) in [5, 5.41) is 5.21. The molecule has 4 N–H and O–H groups in total. The molecule has 0 saturated heterocycles. The van der Waals surface area contributed by atoms with Crippen LogP contribution in [0.1, 0.15) is 156 Å². The fraction of sp³-hybridized carbons (Fsp3) is 0.882. The molecular formula is C34H66I2N2+2. The van der Waals surface area contributed by atoms with Gasteiger partial charge in [-0.25, -0.2) is 0 Å². The number of halogens is 2. The molecule has 1 aliphatic rings. The second-order valence-corrected chi connectivity index (χ2v) is 15.4. The molecule has 0 heterocycles. The zero-order chi connectivity index (χ0) is 28.3. The van der Waals surface area contributed by atoms with Gasteiger partial charge < -0.3 is 10.6 Å². The minimum absolute atomic E-state index is 0.159. The van der Waals surface area contributed by atoms with Gasteiger partial charge in [0.25, 0.3) is 0 Å². The van der Waals surface area contributed by atoms with E-state index in [9.17, 15) is 0 Å². The van der Waals surface area contributed by atoms with Crippen LogP contribution in [0.2, 0.25) is 0 Å². The number of alkyl halides is 2. The second-order valence-electron chi connectivity index (χ2n) is 12.3. The lowest BCUT2D eigenvalue weighted by atomic mass is 9.70. The summed E-state index contributed by atoms with van der Waals surface area (Å²) in [7, 11) is 4.72. The lowest BCUT2D eigenvalue weighted by molar-refractivity contribution is -0.708. The highest BCUT2D eigenvalue weighted by Gasteiger charge is 2.55. The number of hydrogen-bond acceptors (Lipinski definition) is 0. The Bertz CT molecular complexity index is 663. The Hall–Kier alpha value is 0.860. The highest BCUT2D eigenvalue weighted by atomic mass is 127. The van der Waals surface area contributed by atoms with Crippen molar-refractivity contribution in [2.75, 3.05) is 14.1 Å². The van der Waals surface area contributed by atoms with E-state index in [2.05, 4.69) is 116 Å². The third-order valence-electron chi connectivity index (χ3n) is 9.58. The van der Waals surface area contributed by atoms with Crippen LogP contribution in [0.5, 0.6) is 0 Å². The number of quaternary nitrogens is 2. The highest BCUT2D eigenvalue weighted by molar-refractivity contribution is 14.1. The van der Waals surface area contributed by atoms with Crippen molar-refractivity contribution in [3.8, 4) is 0 Å². The van der Waals surface area contributed by atoms with E-state index >= 15 is 0 Å². The molecule has 0 aliphatic heterocycles. The third kappa shape index (κ3) is 10.9. The molecule has 4 atom stereocenters. The topological polar surface area (TPSA) is 33.2 Å². The molecule has 0 spiro atoms. The summed E-state index contributed by atoms with van der Waals surface area (Å²) in [5.41, 5.74) is 2.15. The van der Waals surface area contributed by atoms with Crippen LogP contribution in [-0.4, -0.2) is 32.5 Å². The molecule has 4 heteroatoms. The van der Waals surface area contributed by atoms with E-state index in [-0.39, 0.29) is 14.5 Å². The predicted octanol–water partition coefficient (Wildman–Crippen LogP) is 9.21. The van der Waals surface area contributed by atoms with E-state index in [1.807, 2.05) is 0 Å². The van der Waals surface area contributed by atoms with E-state index in [4.69, 9.17) is 0 Å². The summed E-state index contributed by atoms with van der Waals surface area (Å²) < 4.78 is 0.686. The van der Waals surface area contributed by atoms with Crippen LogP contribution in [0, 0.1) is 0 Å². The summed E-state index contributed by atoms with van der Waals surface area (Å²) >= 11 is 5.71. The van der Waals surface area contributed by atoms with E-state index in [1.54, 1.807) is 5.57 Å². The van der Waals surface area contributed by atoms with Gasteiger partial charge in [0.05, 0.1) is 18.0 Å². The van der Waals surface area contributed by atoms with Crippen molar-refractivity contribution < 1.29 is 10.6 Å². The highest BCUT2D eigenvalue weighted by Crippen LogP contribution is 2.48. The van der Waals surface area contributed by atoms with Crippen LogP contribution in [0.3, 0.4) is 0 Å². The Balaban J connectivity index is 3.13. The molecule has 2 nitrogen and oxygen atoms in total. The van der Waals surface area contributed by atoms with E-state index in [0.717, 1.165) is 0 Å². The van der Waals surface area contributed by atoms with Gasteiger partial charge in [-0.05, 0) is 25.7 Å². The van der Waals surface area contributed by atoms with Crippen molar-refractivity contribution in [3.63, 3.8) is 0 Å². The molecule has 1 rings (SSSR count). The first kappa shape index (κ1) is 36.9. The van der Waals surface area contributed by atoms with Crippen LogP contribution < -0.4 is 10.6 Å². The number of rotatable bonds is 24. The number of likely N-dealkylation sites (N-methyl/N-ethyl adjacent to an activating group) is 1. The SMILES string of the molecule is CCCCCCCCC(CCCC)([NH2+]C)C1=CC(I)C(I)(C(CCCC)(CCCCCCCC)[NH2+]C)C=C1. The van der Waals surface area contributed by atoms with Crippen molar-refractivity contribution in [2.45, 2.75) is 175 Å². The molecule has 0 aromatic carbocycles. The maximum absolute atomic E-state index is 2.89. The van der Waals surface area contributed by atoms with E-state index in [0.29, 0.717) is 3.92 Å². The number of unbranched alkanes of at least 4 members (excludes halogenated alkanes) is 12. The van der Waals surface area contributed by atoms with Gasteiger partial charge in [-0.3, -0.25) is 0 Å². The molecule has 38 heavy (non-hydrogen) atoms. The van der Waals surface area contributed by atoms with Gasteiger partial charge in [0.1, 0.15) is 14.5 Å². The fourth-order valence-electron chi connectivity index (χ4n) is 6.72. The van der Waals surface area contributed by atoms with Crippen LogP contribution in [-0.2, 0) is 0 Å². The van der Waals surface area contributed by atoms with E-state index in [1.165, 1.54) is 128 Å². The normalized spacial score (nSPS) is 22.7. The maximum Gasteiger partial charge on any atom is 0.121 e. The molecule has 0 bridgehead atoms. The van der Waals surface area contributed by atoms with Gasteiger partial charge in [-0.2, -0.15) is 0 Å². The second kappa shape index (κ2) is 20.7. The smallest absolute Gasteiger partial charge is 0.121 e. The van der Waals surface area contributed by atoms with Gasteiger partial charge in [-0.1, -0.05) is 168 Å². The maximum atomic E-state index is 2.89. The summed E-state index contributed by atoms with van der Waals surface area (Å²) in [6, 6.07) is 0. The zero-order valence-electron chi connectivity index (χ0n) is 26.4. The van der Waals surface area contributed by atoms with Crippen LogP contribution in [0.25, 0.3) is 0 Å². The Morgan fingerprint density at radius 3 is 1.61 bits per heavy atom. The quantitative estimate of drug-likeness (QED) is 0.0560. The van der Waals surface area contributed by atoms with Crippen LogP contribution >= 0.6 is 45.2 Å². The molecule has 0 aromatic heterocycles. The summed E-state index contributed by atoms with van der Waals surface area (Å²) in [5.74, 6) is 0. The Morgan fingerprint density at radius 2 is 1.11 bits per heavy atom. The zero-order valence-corrected chi connectivity index (χ0v) is 30.7. The van der Waals surface area contributed by atoms with Gasteiger partial charge in [0.2, 0.25) is 0 Å². The number of hydrogen-bond donors (Lipinski definition) is 2. The van der Waals surface area contributed by atoms with Crippen molar-refractivity contribution in [2.24, 2.45) is 0 Å². The standard InChI is InChI=1S/C34H64I2N2/c1-7-11-15-17-19-21-25-32(37-5,24-13-9-3)30-23-28-34(36,31(35)29-30)33(38-6,26-14-10-4)27-22-20-18-16-12-8-2/h23,28-29,31,37-38H,7-22,24-27H2,1-6H3/p+2. The number of allylic oxidation sites excluding steroid dienone is 1. The average Bonchev–Trinajstić information content (AvgIpc) is 2.93. The molecule has 0 amide bonds. The molecule has 0 aromatic rings. The summed E-state index contributed by atoms with van der Waals surface area (Å²) in [6.45, 7) is 9.36. The van der Waals surface area contributed by atoms with Gasteiger partial charge >= 0.3 is 0 Å². The van der Waals surface area contributed by atoms with Crippen LogP contribution in [0.4, 0.5) is 0 Å². The van der Waals surface area contributed by atoms with Crippen molar-refractivity contribution in [1.29, 1.82) is 0 Å². The third-order valence-corrected chi connectivity index (χ3v) is 14.2. The molecule has 1 aliphatic carbocycles. The molecule has 224 valence electrons. The van der Waals surface area contributed by atoms with Crippen molar-refractivity contribution in [3.05, 3.63) is 23.8 Å². The van der Waals surface area contributed by atoms with E-state index < -0.39 is 0 Å². The Labute approximate surface area is 266 Å². The van der Waals surface area contributed by atoms with Crippen molar-refractivity contribution in [1.82, 2.24) is 0 Å². The monoisotopic (exact) mass is 756 g/mol. The minimum atomic E-state index is 0.159. The minimum Gasteiger partial charge on any atom is -0.342 e. The largest absolute Gasteiger partial charge is 0.342 e. The molecule has 0 fully saturated rings. The lowest BCUT2D eigenvalue weighted by Gasteiger charge is -2.47. The lowest BCUT2D eigenvalue weighted by Crippen LogP contribution is -2.99. The number of nitrogens with two attached hydrogens (primary N) is 2. The first-order chi connectivity index (χ1) is 18.3. The van der Waals surface area contributed by atoms with Gasteiger partial charge in [0.15, 0.2) is 0 Å². The van der Waals surface area contributed by atoms with Crippen molar-refractivity contribution >= 4 is 45.2 Å².